The quantitative estimate of drug-likeness (QED) is 0.829. The number of hydrogen-bond acceptors (Lipinski definition) is 3. The number of carbonyl (C=O) groups excluding carboxylic acids is 1. The minimum Gasteiger partial charge on any atom is -0.398 e. The number of hydrogen-bond donors (Lipinski definition) is 2. The number of piperidine rings is 1. The fourth-order valence-electron chi connectivity index (χ4n) is 2.61. The van der Waals surface area contributed by atoms with Crippen molar-refractivity contribution in [2.75, 3.05) is 25.4 Å². The highest BCUT2D eigenvalue weighted by molar-refractivity contribution is 5.99. The first kappa shape index (κ1) is 14.8. The van der Waals surface area contributed by atoms with Gasteiger partial charge in [0.2, 0.25) is 0 Å². The van der Waals surface area contributed by atoms with Crippen LogP contribution in [0.4, 0.5) is 10.1 Å². The van der Waals surface area contributed by atoms with E-state index in [9.17, 15) is 9.18 Å². The van der Waals surface area contributed by atoms with E-state index in [0.29, 0.717) is 5.69 Å². The van der Waals surface area contributed by atoms with E-state index in [1.165, 1.54) is 18.2 Å². The molecule has 1 saturated heterocycles. The topological polar surface area (TPSA) is 58.4 Å². The molecule has 20 heavy (non-hydrogen) atoms. The molecular formula is C15H22FN3O. The van der Waals surface area contributed by atoms with Crippen LogP contribution in [-0.4, -0.2) is 36.5 Å². The van der Waals surface area contributed by atoms with E-state index in [1.807, 2.05) is 0 Å². The number of nitrogens with zero attached hydrogens (tertiary/aromatic N) is 1. The maximum atomic E-state index is 13.2. The number of nitrogens with one attached hydrogen (secondary N) is 1. The van der Waals surface area contributed by atoms with Crippen molar-refractivity contribution in [3.8, 4) is 0 Å². The first-order chi connectivity index (χ1) is 9.60. The Balaban J connectivity index is 1.91. The average molecular weight is 279 g/mol. The van der Waals surface area contributed by atoms with Gasteiger partial charge in [-0.1, -0.05) is 6.92 Å². The van der Waals surface area contributed by atoms with Crippen LogP contribution in [0, 0.1) is 5.82 Å². The van der Waals surface area contributed by atoms with E-state index >= 15 is 0 Å². The summed E-state index contributed by atoms with van der Waals surface area (Å²) < 4.78 is 13.2. The van der Waals surface area contributed by atoms with Gasteiger partial charge in [-0.05, 0) is 44.0 Å². The number of amides is 1. The van der Waals surface area contributed by atoms with Crippen molar-refractivity contribution in [2.24, 2.45) is 0 Å². The fraction of sp³-hybridized carbons (Fsp3) is 0.533. The molecule has 2 rings (SSSR count). The summed E-state index contributed by atoms with van der Waals surface area (Å²) in [6.07, 6.45) is 3.01. The monoisotopic (exact) mass is 279 g/mol. The summed E-state index contributed by atoms with van der Waals surface area (Å²) >= 11 is 0. The predicted octanol–water partition coefficient (Wildman–Crippen LogP) is 2.01. The molecule has 5 heteroatoms. The Labute approximate surface area is 119 Å². The van der Waals surface area contributed by atoms with Crippen LogP contribution in [0.3, 0.4) is 0 Å². The first-order valence-electron chi connectivity index (χ1n) is 7.18. The molecule has 1 heterocycles. The van der Waals surface area contributed by atoms with Gasteiger partial charge in [-0.3, -0.25) is 4.79 Å². The van der Waals surface area contributed by atoms with Crippen molar-refractivity contribution >= 4 is 11.6 Å². The van der Waals surface area contributed by atoms with Gasteiger partial charge < -0.3 is 16.0 Å². The normalized spacial score (nSPS) is 17.1. The smallest absolute Gasteiger partial charge is 0.253 e. The molecule has 3 N–H and O–H groups in total. The lowest BCUT2D eigenvalue weighted by Gasteiger charge is -2.32. The van der Waals surface area contributed by atoms with Gasteiger partial charge in [-0.25, -0.2) is 4.39 Å². The molecule has 1 aliphatic heterocycles. The van der Waals surface area contributed by atoms with Gasteiger partial charge in [0, 0.05) is 24.8 Å². The van der Waals surface area contributed by atoms with Crippen LogP contribution < -0.4 is 11.1 Å². The van der Waals surface area contributed by atoms with E-state index in [1.54, 1.807) is 0 Å². The second-order valence-electron chi connectivity index (χ2n) is 5.32. The number of nitrogens with two attached hydrogens (primary N) is 1. The van der Waals surface area contributed by atoms with Gasteiger partial charge in [0.15, 0.2) is 0 Å². The highest BCUT2D eigenvalue weighted by Crippen LogP contribution is 2.15. The summed E-state index contributed by atoms with van der Waals surface area (Å²) in [7, 11) is 0. The molecule has 0 aliphatic carbocycles. The summed E-state index contributed by atoms with van der Waals surface area (Å²) in [6, 6.07) is 4.03. The second-order valence-corrected chi connectivity index (χ2v) is 5.32. The molecule has 1 amide bonds. The molecule has 1 aromatic carbocycles. The van der Waals surface area contributed by atoms with Gasteiger partial charge in [0.05, 0.1) is 5.56 Å². The first-order valence-corrected chi connectivity index (χ1v) is 7.18. The van der Waals surface area contributed by atoms with Gasteiger partial charge in [-0.2, -0.15) is 0 Å². The van der Waals surface area contributed by atoms with Crippen LogP contribution in [0.1, 0.15) is 36.5 Å². The molecule has 0 saturated carbocycles. The Kier molecular flexibility index (Phi) is 4.95. The fourth-order valence-corrected chi connectivity index (χ4v) is 2.61. The maximum absolute atomic E-state index is 13.2. The van der Waals surface area contributed by atoms with Crippen LogP contribution >= 0.6 is 0 Å². The van der Waals surface area contributed by atoms with Crippen molar-refractivity contribution in [3.05, 3.63) is 29.6 Å². The highest BCUT2D eigenvalue weighted by Gasteiger charge is 2.21. The third-order valence-corrected chi connectivity index (χ3v) is 3.72. The van der Waals surface area contributed by atoms with E-state index in [0.717, 1.165) is 38.9 Å². The van der Waals surface area contributed by atoms with Crippen molar-refractivity contribution < 1.29 is 9.18 Å². The molecule has 1 aliphatic rings. The average Bonchev–Trinajstić information content (AvgIpc) is 2.44. The zero-order valence-corrected chi connectivity index (χ0v) is 11.9. The third kappa shape index (κ3) is 3.70. The standard InChI is InChI=1S/C15H22FN3O/c1-2-7-19-8-5-12(6-9-19)18-15(20)13-10-11(16)3-4-14(13)17/h3-4,10,12H,2,5-9,17H2,1H3,(H,18,20). The Morgan fingerprint density at radius 3 is 2.80 bits per heavy atom. The highest BCUT2D eigenvalue weighted by atomic mass is 19.1. The Morgan fingerprint density at radius 1 is 1.45 bits per heavy atom. The summed E-state index contributed by atoms with van der Waals surface area (Å²) in [5.41, 5.74) is 6.26. The number of likely N-dealkylation sites (tertiary alicyclic amines) is 1. The number of nitrogen functional groups attached to an aromatic ring is 1. The van der Waals surface area contributed by atoms with E-state index in [-0.39, 0.29) is 17.5 Å². The number of anilines is 1. The van der Waals surface area contributed by atoms with Crippen LogP contribution in [0.25, 0.3) is 0 Å². The lowest BCUT2D eigenvalue weighted by molar-refractivity contribution is 0.0911. The minimum absolute atomic E-state index is 0.151. The molecule has 0 spiro atoms. The molecule has 0 bridgehead atoms. The molecule has 1 fully saturated rings. The predicted molar refractivity (Wildman–Crippen MR) is 78.0 cm³/mol. The summed E-state index contributed by atoms with van der Waals surface area (Å²) in [5, 5.41) is 2.95. The van der Waals surface area contributed by atoms with E-state index in [4.69, 9.17) is 5.73 Å². The largest absolute Gasteiger partial charge is 0.398 e. The van der Waals surface area contributed by atoms with Crippen LogP contribution in [0.2, 0.25) is 0 Å². The summed E-state index contributed by atoms with van der Waals surface area (Å²) in [4.78, 5) is 14.5. The van der Waals surface area contributed by atoms with Crippen LogP contribution in [0.15, 0.2) is 18.2 Å². The number of benzene rings is 1. The molecule has 0 aromatic heterocycles. The molecular weight excluding hydrogens is 257 g/mol. The maximum Gasteiger partial charge on any atom is 0.253 e. The van der Waals surface area contributed by atoms with Crippen molar-refractivity contribution in [1.82, 2.24) is 10.2 Å². The van der Waals surface area contributed by atoms with Crippen molar-refractivity contribution in [1.29, 1.82) is 0 Å². The lowest BCUT2D eigenvalue weighted by atomic mass is 10.0. The summed E-state index contributed by atoms with van der Waals surface area (Å²) in [5.74, 6) is -0.724. The van der Waals surface area contributed by atoms with Crippen LogP contribution in [0.5, 0.6) is 0 Å². The van der Waals surface area contributed by atoms with Crippen molar-refractivity contribution in [3.63, 3.8) is 0 Å². The summed E-state index contributed by atoms with van der Waals surface area (Å²) in [6.45, 7) is 5.27. The number of rotatable bonds is 4. The Hall–Kier alpha value is -1.62. The molecule has 0 atom stereocenters. The molecule has 110 valence electrons. The van der Waals surface area contributed by atoms with Crippen LogP contribution in [-0.2, 0) is 0 Å². The van der Waals surface area contributed by atoms with Gasteiger partial charge >= 0.3 is 0 Å². The van der Waals surface area contributed by atoms with Gasteiger partial charge in [0.25, 0.3) is 5.91 Å². The zero-order chi connectivity index (χ0) is 14.5. The van der Waals surface area contributed by atoms with Gasteiger partial charge in [0.1, 0.15) is 5.82 Å². The number of halogens is 1. The van der Waals surface area contributed by atoms with E-state index < -0.39 is 5.82 Å². The molecule has 1 aromatic rings. The number of carbonyl (C=O) groups is 1. The van der Waals surface area contributed by atoms with E-state index in [2.05, 4.69) is 17.1 Å². The zero-order valence-electron chi connectivity index (χ0n) is 11.9. The molecule has 4 nitrogen and oxygen atoms in total. The second kappa shape index (κ2) is 6.70. The lowest BCUT2D eigenvalue weighted by Crippen LogP contribution is -2.44. The molecule has 0 radical (unpaired) electrons. The van der Waals surface area contributed by atoms with Crippen molar-refractivity contribution in [2.45, 2.75) is 32.2 Å². The minimum atomic E-state index is -0.442. The SMILES string of the molecule is CCCN1CCC(NC(=O)c2cc(F)ccc2N)CC1. The van der Waals surface area contributed by atoms with Gasteiger partial charge in [-0.15, -0.1) is 0 Å². The Morgan fingerprint density at radius 2 is 2.15 bits per heavy atom. The Bertz CT molecular complexity index is 470. The third-order valence-electron chi connectivity index (χ3n) is 3.72. The molecule has 0 unspecified atom stereocenters.